The van der Waals surface area contributed by atoms with E-state index in [2.05, 4.69) is 0 Å². The summed E-state index contributed by atoms with van der Waals surface area (Å²) in [6, 6.07) is 0. The lowest BCUT2D eigenvalue weighted by molar-refractivity contribution is -0.146. The Kier molecular flexibility index (Phi) is 4.13. The van der Waals surface area contributed by atoms with Gasteiger partial charge in [-0.3, -0.25) is 4.79 Å². The van der Waals surface area contributed by atoms with Gasteiger partial charge in [0.2, 0.25) is 10.0 Å². The molecule has 1 atom stereocenters. The number of aliphatic carboxylic acids is 1. The first-order valence-corrected chi connectivity index (χ1v) is 7.78. The largest absolute Gasteiger partial charge is 0.481 e. The summed E-state index contributed by atoms with van der Waals surface area (Å²) in [5.74, 6) is -0.831. The molecule has 0 aromatic carbocycles. The van der Waals surface area contributed by atoms with Crippen molar-refractivity contribution >= 4 is 16.0 Å². The van der Waals surface area contributed by atoms with E-state index in [0.717, 1.165) is 0 Å². The SMILES string of the molecule is CC(C)(C)CCS(=O)(=O)N1CCC(C)(C(=O)O)C1. The van der Waals surface area contributed by atoms with E-state index < -0.39 is 21.4 Å². The highest BCUT2D eigenvalue weighted by molar-refractivity contribution is 7.89. The fourth-order valence-corrected chi connectivity index (χ4v) is 3.87. The van der Waals surface area contributed by atoms with Crippen molar-refractivity contribution in [2.75, 3.05) is 18.8 Å². The Bertz CT molecular complexity index is 424. The van der Waals surface area contributed by atoms with Crippen molar-refractivity contribution in [2.45, 2.75) is 40.5 Å². The summed E-state index contributed by atoms with van der Waals surface area (Å²) in [6.45, 7) is 7.99. The Hall–Kier alpha value is -0.620. The summed E-state index contributed by atoms with van der Waals surface area (Å²) in [4.78, 5) is 11.1. The second-order valence-electron chi connectivity index (χ2n) is 6.58. The summed E-state index contributed by atoms with van der Waals surface area (Å²) in [6.07, 6.45) is 0.965. The van der Waals surface area contributed by atoms with Crippen molar-refractivity contribution in [3.05, 3.63) is 0 Å². The first-order chi connectivity index (χ1) is 7.96. The average molecular weight is 277 g/mol. The molecule has 0 bridgehead atoms. The van der Waals surface area contributed by atoms with Crippen LogP contribution in [0, 0.1) is 10.8 Å². The summed E-state index contributed by atoms with van der Waals surface area (Å²) in [7, 11) is -3.33. The average Bonchev–Trinajstić information content (AvgIpc) is 2.59. The molecule has 18 heavy (non-hydrogen) atoms. The topological polar surface area (TPSA) is 74.7 Å². The minimum Gasteiger partial charge on any atom is -0.481 e. The van der Waals surface area contributed by atoms with E-state index in [1.54, 1.807) is 6.92 Å². The zero-order chi connectivity index (χ0) is 14.2. The van der Waals surface area contributed by atoms with E-state index in [1.165, 1.54) is 4.31 Å². The van der Waals surface area contributed by atoms with Gasteiger partial charge >= 0.3 is 5.97 Å². The van der Waals surface area contributed by atoms with Crippen molar-refractivity contribution in [2.24, 2.45) is 10.8 Å². The number of nitrogens with zero attached hydrogens (tertiary/aromatic N) is 1. The zero-order valence-corrected chi connectivity index (χ0v) is 12.4. The van der Waals surface area contributed by atoms with Crippen molar-refractivity contribution in [3.8, 4) is 0 Å². The van der Waals surface area contributed by atoms with Gasteiger partial charge in [0.15, 0.2) is 0 Å². The van der Waals surface area contributed by atoms with E-state index in [9.17, 15) is 13.2 Å². The van der Waals surface area contributed by atoms with Gasteiger partial charge in [0.1, 0.15) is 0 Å². The highest BCUT2D eigenvalue weighted by Crippen LogP contribution is 2.32. The maximum atomic E-state index is 12.1. The highest BCUT2D eigenvalue weighted by Gasteiger charge is 2.44. The van der Waals surface area contributed by atoms with Crippen molar-refractivity contribution in [1.29, 1.82) is 0 Å². The molecule has 1 aliphatic rings. The second kappa shape index (κ2) is 4.81. The maximum Gasteiger partial charge on any atom is 0.310 e. The quantitative estimate of drug-likeness (QED) is 0.846. The van der Waals surface area contributed by atoms with Gasteiger partial charge in [0.25, 0.3) is 0 Å². The Balaban J connectivity index is 2.69. The van der Waals surface area contributed by atoms with Crippen LogP contribution in [0.5, 0.6) is 0 Å². The van der Waals surface area contributed by atoms with E-state index in [4.69, 9.17) is 5.11 Å². The lowest BCUT2D eigenvalue weighted by Gasteiger charge is -2.23. The number of sulfonamides is 1. The van der Waals surface area contributed by atoms with E-state index >= 15 is 0 Å². The van der Waals surface area contributed by atoms with Crippen LogP contribution in [0.3, 0.4) is 0 Å². The molecular formula is C12H23NO4S. The molecule has 106 valence electrons. The molecule has 0 radical (unpaired) electrons. The van der Waals surface area contributed by atoms with Crippen LogP contribution >= 0.6 is 0 Å². The van der Waals surface area contributed by atoms with Crippen LogP contribution in [0.4, 0.5) is 0 Å². The Labute approximate surface area is 109 Å². The summed E-state index contributed by atoms with van der Waals surface area (Å²) >= 11 is 0. The van der Waals surface area contributed by atoms with Crippen molar-refractivity contribution < 1.29 is 18.3 Å². The van der Waals surface area contributed by atoms with Crippen LogP contribution in [-0.4, -0.2) is 42.6 Å². The molecule has 0 spiro atoms. The van der Waals surface area contributed by atoms with Gasteiger partial charge in [-0.1, -0.05) is 20.8 Å². The third-order valence-corrected chi connectivity index (χ3v) is 5.28. The standard InChI is InChI=1S/C12H23NO4S/c1-11(2,3)6-8-18(16,17)13-7-5-12(4,9-13)10(14)15/h5-9H2,1-4H3,(H,14,15). The van der Waals surface area contributed by atoms with Crippen LogP contribution in [0.2, 0.25) is 0 Å². The lowest BCUT2D eigenvalue weighted by atomic mass is 9.90. The van der Waals surface area contributed by atoms with Crippen molar-refractivity contribution in [1.82, 2.24) is 4.31 Å². The fourth-order valence-electron chi connectivity index (χ4n) is 1.90. The van der Waals surface area contributed by atoms with E-state index in [-0.39, 0.29) is 17.7 Å². The molecule has 1 saturated heterocycles. The minimum absolute atomic E-state index is 0.0388. The molecule has 5 nitrogen and oxygen atoms in total. The number of carboxylic acid groups (broad SMARTS) is 1. The predicted octanol–water partition coefficient (Wildman–Crippen LogP) is 1.55. The smallest absolute Gasteiger partial charge is 0.310 e. The number of hydrogen-bond donors (Lipinski definition) is 1. The summed E-state index contributed by atoms with van der Waals surface area (Å²) in [5, 5.41) is 9.09. The molecule has 0 saturated carbocycles. The van der Waals surface area contributed by atoms with Gasteiger partial charge in [0.05, 0.1) is 11.2 Å². The fraction of sp³-hybridized carbons (Fsp3) is 0.917. The molecule has 1 heterocycles. The molecule has 1 aliphatic heterocycles. The third kappa shape index (κ3) is 3.68. The zero-order valence-electron chi connectivity index (χ0n) is 11.6. The molecule has 0 aromatic rings. The van der Waals surface area contributed by atoms with Crippen LogP contribution in [0.25, 0.3) is 0 Å². The molecule has 1 rings (SSSR count). The maximum absolute atomic E-state index is 12.1. The third-order valence-electron chi connectivity index (χ3n) is 3.46. The van der Waals surface area contributed by atoms with Gasteiger partial charge in [-0.15, -0.1) is 0 Å². The van der Waals surface area contributed by atoms with Gasteiger partial charge in [-0.25, -0.2) is 12.7 Å². The number of hydrogen-bond acceptors (Lipinski definition) is 3. The van der Waals surface area contributed by atoms with E-state index in [1.807, 2.05) is 20.8 Å². The van der Waals surface area contributed by atoms with Gasteiger partial charge < -0.3 is 5.11 Å². The number of carboxylic acids is 1. The minimum atomic E-state index is -3.33. The second-order valence-corrected chi connectivity index (χ2v) is 8.66. The molecular weight excluding hydrogens is 254 g/mol. The predicted molar refractivity (Wildman–Crippen MR) is 69.8 cm³/mol. The molecule has 0 aliphatic carbocycles. The molecule has 6 heteroatoms. The van der Waals surface area contributed by atoms with Crippen LogP contribution < -0.4 is 0 Å². The van der Waals surface area contributed by atoms with Crippen LogP contribution in [0.1, 0.15) is 40.5 Å². The monoisotopic (exact) mass is 277 g/mol. The Morgan fingerprint density at radius 1 is 1.39 bits per heavy atom. The molecule has 1 unspecified atom stereocenters. The number of carbonyl (C=O) groups is 1. The molecule has 1 fully saturated rings. The highest BCUT2D eigenvalue weighted by atomic mass is 32.2. The van der Waals surface area contributed by atoms with Crippen LogP contribution in [0.15, 0.2) is 0 Å². The Morgan fingerprint density at radius 3 is 2.33 bits per heavy atom. The Morgan fingerprint density at radius 2 is 1.94 bits per heavy atom. The molecule has 1 N–H and O–H groups in total. The lowest BCUT2D eigenvalue weighted by Crippen LogP contribution is -2.36. The normalized spacial score (nSPS) is 26.4. The number of rotatable bonds is 4. The summed E-state index contributed by atoms with van der Waals surface area (Å²) < 4.78 is 25.6. The molecule has 0 aromatic heterocycles. The first-order valence-electron chi connectivity index (χ1n) is 6.18. The summed E-state index contributed by atoms with van der Waals surface area (Å²) in [5.41, 5.74) is -0.975. The molecule has 0 amide bonds. The van der Waals surface area contributed by atoms with Crippen LogP contribution in [-0.2, 0) is 14.8 Å². The van der Waals surface area contributed by atoms with Gasteiger partial charge in [-0.05, 0) is 25.2 Å². The first kappa shape index (κ1) is 15.4. The van der Waals surface area contributed by atoms with Gasteiger partial charge in [-0.2, -0.15) is 0 Å². The van der Waals surface area contributed by atoms with Crippen molar-refractivity contribution in [3.63, 3.8) is 0 Å². The van der Waals surface area contributed by atoms with Gasteiger partial charge in [0, 0.05) is 13.1 Å². The van der Waals surface area contributed by atoms with E-state index in [0.29, 0.717) is 19.4 Å².